The van der Waals surface area contributed by atoms with E-state index in [2.05, 4.69) is 31.9 Å². The van der Waals surface area contributed by atoms with E-state index >= 15 is 0 Å². The summed E-state index contributed by atoms with van der Waals surface area (Å²) in [5.41, 5.74) is 5.96. The van der Waals surface area contributed by atoms with Gasteiger partial charge in [-0.3, -0.25) is 4.68 Å². The molecule has 0 saturated heterocycles. The Morgan fingerprint density at radius 1 is 1.18 bits per heavy atom. The minimum atomic E-state index is 0.980. The van der Waals surface area contributed by atoms with Crippen LogP contribution in [0.25, 0.3) is 11.3 Å². The van der Waals surface area contributed by atoms with Gasteiger partial charge < -0.3 is 4.74 Å². The van der Waals surface area contributed by atoms with Crippen LogP contribution >= 0.6 is 0 Å². The molecule has 3 nitrogen and oxygen atoms in total. The molecule has 0 spiro atoms. The number of nitrogens with zero attached hydrogens (tertiary/aromatic N) is 2. The smallest absolute Gasteiger partial charge is 0.124 e. The van der Waals surface area contributed by atoms with Crippen LogP contribution in [-0.2, 0) is 7.05 Å². The summed E-state index contributed by atoms with van der Waals surface area (Å²) in [7, 11) is 3.68. The van der Waals surface area contributed by atoms with Gasteiger partial charge in [-0.1, -0.05) is 0 Å². The summed E-state index contributed by atoms with van der Waals surface area (Å²) in [6, 6.07) is 4.20. The van der Waals surface area contributed by atoms with Crippen molar-refractivity contribution in [1.82, 2.24) is 9.78 Å². The Bertz CT molecular complexity index is 556. The molecular weight excluding hydrogens is 212 g/mol. The van der Waals surface area contributed by atoms with Crippen LogP contribution in [0.5, 0.6) is 5.75 Å². The van der Waals surface area contributed by atoms with Crippen molar-refractivity contribution < 1.29 is 4.74 Å². The second-order valence-corrected chi connectivity index (χ2v) is 4.36. The fourth-order valence-electron chi connectivity index (χ4n) is 2.28. The third-order valence-electron chi connectivity index (χ3n) is 3.33. The molecule has 1 aromatic heterocycles. The number of hydrogen-bond donors (Lipinski definition) is 0. The monoisotopic (exact) mass is 230 g/mol. The summed E-state index contributed by atoms with van der Waals surface area (Å²) in [4.78, 5) is 0. The Kier molecular flexibility index (Phi) is 2.92. The van der Waals surface area contributed by atoms with Crippen molar-refractivity contribution in [3.8, 4) is 17.0 Å². The molecule has 17 heavy (non-hydrogen) atoms. The van der Waals surface area contributed by atoms with Crippen LogP contribution in [0.1, 0.15) is 16.7 Å². The summed E-state index contributed by atoms with van der Waals surface area (Å²) in [6.07, 6.45) is 1.82. The van der Waals surface area contributed by atoms with Gasteiger partial charge in [0.05, 0.1) is 12.8 Å². The third-order valence-corrected chi connectivity index (χ3v) is 3.33. The van der Waals surface area contributed by atoms with Gasteiger partial charge >= 0.3 is 0 Å². The number of hydrogen-bond acceptors (Lipinski definition) is 2. The maximum absolute atomic E-state index is 5.44. The number of aryl methyl sites for hydroxylation is 2. The van der Waals surface area contributed by atoms with Crippen LogP contribution in [0, 0.1) is 20.8 Å². The van der Waals surface area contributed by atoms with Crippen LogP contribution < -0.4 is 4.74 Å². The highest BCUT2D eigenvalue weighted by Crippen LogP contribution is 2.33. The second kappa shape index (κ2) is 4.24. The first kappa shape index (κ1) is 11.7. The average Bonchev–Trinajstić information content (AvgIpc) is 2.71. The van der Waals surface area contributed by atoms with Crippen LogP contribution in [0.2, 0.25) is 0 Å². The van der Waals surface area contributed by atoms with Crippen LogP contribution in [0.3, 0.4) is 0 Å². The molecule has 0 aliphatic heterocycles. The number of aromatic nitrogens is 2. The Labute approximate surface area is 102 Å². The minimum absolute atomic E-state index is 0.980. The van der Waals surface area contributed by atoms with E-state index < -0.39 is 0 Å². The largest absolute Gasteiger partial charge is 0.496 e. The van der Waals surface area contributed by atoms with Crippen LogP contribution in [0.4, 0.5) is 0 Å². The first-order chi connectivity index (χ1) is 8.06. The lowest BCUT2D eigenvalue weighted by Gasteiger charge is -2.15. The molecule has 2 rings (SSSR count). The van der Waals surface area contributed by atoms with E-state index in [9.17, 15) is 0 Å². The van der Waals surface area contributed by atoms with Gasteiger partial charge in [-0.25, -0.2) is 0 Å². The van der Waals surface area contributed by atoms with Gasteiger partial charge in [0.1, 0.15) is 5.75 Å². The maximum Gasteiger partial charge on any atom is 0.124 e. The molecule has 0 fully saturated rings. The maximum atomic E-state index is 5.44. The molecule has 2 aromatic rings. The van der Waals surface area contributed by atoms with Crippen molar-refractivity contribution in [2.45, 2.75) is 20.8 Å². The van der Waals surface area contributed by atoms with Gasteiger partial charge in [0.2, 0.25) is 0 Å². The summed E-state index contributed by atoms with van der Waals surface area (Å²) in [5, 5.41) is 4.22. The lowest BCUT2D eigenvalue weighted by molar-refractivity contribution is 0.408. The summed E-state index contributed by atoms with van der Waals surface area (Å²) in [6.45, 7) is 6.30. The molecule has 0 aliphatic carbocycles. The minimum Gasteiger partial charge on any atom is -0.496 e. The van der Waals surface area contributed by atoms with Crippen LogP contribution in [0.15, 0.2) is 18.3 Å². The van der Waals surface area contributed by atoms with E-state index in [1.807, 2.05) is 24.0 Å². The fourth-order valence-corrected chi connectivity index (χ4v) is 2.28. The van der Waals surface area contributed by atoms with E-state index in [1.165, 1.54) is 16.7 Å². The van der Waals surface area contributed by atoms with Crippen LogP contribution in [-0.4, -0.2) is 16.9 Å². The predicted molar refractivity (Wildman–Crippen MR) is 69.4 cm³/mol. The second-order valence-electron chi connectivity index (χ2n) is 4.36. The van der Waals surface area contributed by atoms with E-state index in [0.29, 0.717) is 0 Å². The Hall–Kier alpha value is -1.77. The van der Waals surface area contributed by atoms with Gasteiger partial charge in [-0.15, -0.1) is 0 Å². The van der Waals surface area contributed by atoms with E-state index in [1.54, 1.807) is 7.11 Å². The molecule has 90 valence electrons. The van der Waals surface area contributed by atoms with Crippen molar-refractivity contribution >= 4 is 0 Å². The van der Waals surface area contributed by atoms with E-state index in [4.69, 9.17) is 4.74 Å². The Balaban J connectivity index is 2.69. The number of benzene rings is 1. The molecular formula is C14H18N2O. The third kappa shape index (κ3) is 1.82. The van der Waals surface area contributed by atoms with Crippen molar-refractivity contribution in [3.05, 3.63) is 35.0 Å². The molecule has 0 saturated carbocycles. The molecule has 0 unspecified atom stereocenters. The lowest BCUT2D eigenvalue weighted by Crippen LogP contribution is -2.00. The average molecular weight is 230 g/mol. The van der Waals surface area contributed by atoms with Gasteiger partial charge in [-0.05, 0) is 49.6 Å². The van der Waals surface area contributed by atoms with Crippen molar-refractivity contribution in [2.75, 3.05) is 7.11 Å². The molecule has 0 N–H and O–H groups in total. The number of ether oxygens (including phenoxy) is 1. The van der Waals surface area contributed by atoms with Gasteiger partial charge in [0.15, 0.2) is 0 Å². The SMILES string of the molecule is COc1c(C)cc(-c2ccnn2C)c(C)c1C. The van der Waals surface area contributed by atoms with Gasteiger partial charge in [-0.2, -0.15) is 5.10 Å². The lowest BCUT2D eigenvalue weighted by atomic mass is 9.96. The van der Waals surface area contributed by atoms with Crippen molar-refractivity contribution in [2.24, 2.45) is 7.05 Å². The molecule has 0 radical (unpaired) electrons. The van der Waals surface area contributed by atoms with Gasteiger partial charge in [0.25, 0.3) is 0 Å². The molecule has 3 heteroatoms. The zero-order chi connectivity index (χ0) is 12.6. The molecule has 0 atom stereocenters. The Morgan fingerprint density at radius 3 is 2.41 bits per heavy atom. The van der Waals surface area contributed by atoms with Crippen molar-refractivity contribution in [1.29, 1.82) is 0 Å². The first-order valence-electron chi connectivity index (χ1n) is 5.69. The molecule has 0 aliphatic rings. The van der Waals surface area contributed by atoms with Crippen molar-refractivity contribution in [3.63, 3.8) is 0 Å². The normalized spacial score (nSPS) is 10.6. The molecule has 1 heterocycles. The molecule has 0 amide bonds. The zero-order valence-corrected chi connectivity index (χ0v) is 11.0. The standard InChI is InChI=1S/C14H18N2O/c1-9-8-12(13-6-7-15-16(13)4)10(2)11(3)14(9)17-5/h6-8H,1-5H3. The molecule has 0 bridgehead atoms. The highest BCUT2D eigenvalue weighted by atomic mass is 16.5. The summed E-state index contributed by atoms with van der Waals surface area (Å²) in [5.74, 6) is 0.980. The highest BCUT2D eigenvalue weighted by Gasteiger charge is 2.13. The van der Waals surface area contributed by atoms with Gasteiger partial charge in [0, 0.05) is 18.8 Å². The first-order valence-corrected chi connectivity index (χ1v) is 5.69. The fraction of sp³-hybridized carbons (Fsp3) is 0.357. The Morgan fingerprint density at radius 2 is 1.88 bits per heavy atom. The zero-order valence-electron chi connectivity index (χ0n) is 11.0. The number of rotatable bonds is 2. The molecule has 1 aromatic carbocycles. The van der Waals surface area contributed by atoms with E-state index in [0.717, 1.165) is 17.0 Å². The number of methoxy groups -OCH3 is 1. The summed E-state index contributed by atoms with van der Waals surface area (Å²) >= 11 is 0. The predicted octanol–water partition coefficient (Wildman–Crippen LogP) is 3.02. The highest BCUT2D eigenvalue weighted by molar-refractivity contribution is 5.69. The topological polar surface area (TPSA) is 27.1 Å². The van der Waals surface area contributed by atoms with E-state index in [-0.39, 0.29) is 0 Å². The summed E-state index contributed by atoms with van der Waals surface area (Å²) < 4.78 is 7.33. The quantitative estimate of drug-likeness (QED) is 0.793.